The number of carbonyl (C=O) groups excluding carboxylic acids is 1. The van der Waals surface area contributed by atoms with E-state index in [1.54, 1.807) is 17.6 Å². The SMILES string of the molecule is Cc1nc(CN2C[C@@H](F)C[C@H]2CNC(=O)C2=COCCC2)cs1. The van der Waals surface area contributed by atoms with Crippen molar-refractivity contribution in [2.75, 3.05) is 19.7 Å². The van der Waals surface area contributed by atoms with Crippen molar-refractivity contribution in [1.29, 1.82) is 0 Å². The summed E-state index contributed by atoms with van der Waals surface area (Å²) < 4.78 is 19.0. The number of alkyl halides is 1. The Kier molecular flexibility index (Phi) is 5.27. The maximum atomic E-state index is 13.8. The van der Waals surface area contributed by atoms with E-state index in [1.807, 2.05) is 12.3 Å². The Hall–Kier alpha value is -1.47. The minimum atomic E-state index is -0.839. The predicted octanol–water partition coefficient (Wildman–Crippen LogP) is 2.17. The summed E-state index contributed by atoms with van der Waals surface area (Å²) in [6, 6.07) is 0.0149. The van der Waals surface area contributed by atoms with Gasteiger partial charge in [-0.05, 0) is 26.2 Å². The largest absolute Gasteiger partial charge is 0.501 e. The first kappa shape index (κ1) is 16.4. The monoisotopic (exact) mass is 339 g/mol. The number of nitrogens with one attached hydrogen (secondary N) is 1. The van der Waals surface area contributed by atoms with Crippen molar-refractivity contribution in [2.45, 2.75) is 44.9 Å². The van der Waals surface area contributed by atoms with Gasteiger partial charge in [0.1, 0.15) is 6.17 Å². The second-order valence-corrected chi connectivity index (χ2v) is 7.16. The Morgan fingerprint density at radius 2 is 2.48 bits per heavy atom. The number of carbonyl (C=O) groups is 1. The van der Waals surface area contributed by atoms with E-state index in [-0.39, 0.29) is 11.9 Å². The first-order valence-corrected chi connectivity index (χ1v) is 8.88. The minimum Gasteiger partial charge on any atom is -0.501 e. The topological polar surface area (TPSA) is 54.5 Å². The Morgan fingerprint density at radius 3 is 3.17 bits per heavy atom. The zero-order valence-electron chi connectivity index (χ0n) is 13.3. The Morgan fingerprint density at radius 1 is 1.61 bits per heavy atom. The summed E-state index contributed by atoms with van der Waals surface area (Å²) >= 11 is 1.60. The summed E-state index contributed by atoms with van der Waals surface area (Å²) in [5.41, 5.74) is 1.65. The van der Waals surface area contributed by atoms with Crippen LogP contribution in [0.5, 0.6) is 0 Å². The summed E-state index contributed by atoms with van der Waals surface area (Å²) in [7, 11) is 0. The molecule has 2 atom stereocenters. The van der Waals surface area contributed by atoms with Gasteiger partial charge in [0.15, 0.2) is 0 Å². The van der Waals surface area contributed by atoms with Gasteiger partial charge in [-0.25, -0.2) is 9.37 Å². The molecule has 2 aliphatic heterocycles. The molecule has 1 amide bonds. The highest BCUT2D eigenvalue weighted by Crippen LogP contribution is 2.23. The van der Waals surface area contributed by atoms with Gasteiger partial charge >= 0.3 is 0 Å². The number of hydrogen-bond donors (Lipinski definition) is 1. The van der Waals surface area contributed by atoms with Crippen molar-refractivity contribution in [3.8, 4) is 0 Å². The first-order chi connectivity index (χ1) is 11.1. The van der Waals surface area contributed by atoms with E-state index in [9.17, 15) is 9.18 Å². The Bertz CT molecular complexity index is 590. The van der Waals surface area contributed by atoms with E-state index < -0.39 is 6.17 Å². The van der Waals surface area contributed by atoms with Crippen LogP contribution in [-0.2, 0) is 16.1 Å². The van der Waals surface area contributed by atoms with Crippen molar-refractivity contribution in [2.24, 2.45) is 0 Å². The smallest absolute Gasteiger partial charge is 0.250 e. The minimum absolute atomic E-state index is 0.0149. The van der Waals surface area contributed by atoms with Gasteiger partial charge in [0.2, 0.25) is 5.91 Å². The highest BCUT2D eigenvalue weighted by molar-refractivity contribution is 7.09. The summed E-state index contributed by atoms with van der Waals surface area (Å²) in [6.07, 6.45) is 2.77. The van der Waals surface area contributed by atoms with Gasteiger partial charge in [-0.15, -0.1) is 11.3 Å². The summed E-state index contributed by atoms with van der Waals surface area (Å²) in [4.78, 5) is 18.6. The van der Waals surface area contributed by atoms with Gasteiger partial charge in [0.25, 0.3) is 0 Å². The first-order valence-electron chi connectivity index (χ1n) is 8.00. The van der Waals surface area contributed by atoms with Gasteiger partial charge in [0.05, 0.1) is 29.1 Å². The van der Waals surface area contributed by atoms with Crippen LogP contribution >= 0.6 is 11.3 Å². The fraction of sp³-hybridized carbons (Fsp3) is 0.625. The third-order valence-electron chi connectivity index (χ3n) is 4.23. The van der Waals surface area contributed by atoms with Crippen LogP contribution in [0, 0.1) is 6.92 Å². The lowest BCUT2D eigenvalue weighted by atomic mass is 10.1. The zero-order chi connectivity index (χ0) is 16.2. The number of aryl methyl sites for hydroxylation is 1. The molecule has 1 fully saturated rings. The highest BCUT2D eigenvalue weighted by atomic mass is 32.1. The molecule has 0 aromatic carbocycles. The molecule has 23 heavy (non-hydrogen) atoms. The molecular formula is C16H22FN3O2S. The quantitative estimate of drug-likeness (QED) is 0.893. The molecule has 0 bridgehead atoms. The van der Waals surface area contributed by atoms with E-state index in [0.717, 1.165) is 23.5 Å². The molecule has 1 saturated heterocycles. The van der Waals surface area contributed by atoms with Crippen LogP contribution in [0.15, 0.2) is 17.2 Å². The molecule has 1 aromatic heterocycles. The fourth-order valence-corrected chi connectivity index (χ4v) is 3.68. The molecule has 0 saturated carbocycles. The van der Waals surface area contributed by atoms with Gasteiger partial charge in [-0.2, -0.15) is 0 Å². The molecule has 3 heterocycles. The van der Waals surface area contributed by atoms with Crippen molar-refractivity contribution >= 4 is 17.2 Å². The van der Waals surface area contributed by atoms with E-state index in [1.165, 1.54) is 0 Å². The van der Waals surface area contributed by atoms with Gasteiger partial charge in [0, 0.05) is 31.1 Å². The second-order valence-electron chi connectivity index (χ2n) is 6.10. The lowest BCUT2D eigenvalue weighted by molar-refractivity contribution is -0.118. The number of amides is 1. The van der Waals surface area contributed by atoms with Crippen LogP contribution in [0.1, 0.15) is 30.0 Å². The molecule has 5 nitrogen and oxygen atoms in total. The molecule has 126 valence electrons. The molecule has 7 heteroatoms. The lowest BCUT2D eigenvalue weighted by Gasteiger charge is -2.24. The van der Waals surface area contributed by atoms with E-state index in [4.69, 9.17) is 4.74 Å². The average molecular weight is 339 g/mol. The second kappa shape index (κ2) is 7.40. The van der Waals surface area contributed by atoms with Crippen LogP contribution in [0.4, 0.5) is 4.39 Å². The summed E-state index contributed by atoms with van der Waals surface area (Å²) in [5.74, 6) is -0.100. The molecule has 0 spiro atoms. The van der Waals surface area contributed by atoms with Crippen molar-refractivity contribution in [1.82, 2.24) is 15.2 Å². The highest BCUT2D eigenvalue weighted by Gasteiger charge is 2.32. The lowest BCUT2D eigenvalue weighted by Crippen LogP contribution is -2.40. The number of aromatic nitrogens is 1. The third-order valence-corrected chi connectivity index (χ3v) is 5.05. The standard InChI is InChI=1S/C16H22FN3O2S/c1-11-19-14(10-23-11)8-20-7-13(17)5-15(20)6-18-16(21)12-3-2-4-22-9-12/h9-10,13,15H,2-8H2,1H3,(H,18,21)/t13-,15-/m0/s1. The molecular weight excluding hydrogens is 317 g/mol. The van der Waals surface area contributed by atoms with Gasteiger partial charge in [-0.3, -0.25) is 9.69 Å². The number of nitrogens with zero attached hydrogens (tertiary/aromatic N) is 2. The molecule has 2 aliphatic rings. The van der Waals surface area contributed by atoms with Crippen molar-refractivity contribution < 1.29 is 13.9 Å². The molecule has 3 rings (SSSR count). The zero-order valence-corrected chi connectivity index (χ0v) is 14.1. The number of ether oxygens (including phenoxy) is 1. The Balaban J connectivity index is 1.54. The van der Waals surface area contributed by atoms with Crippen LogP contribution in [0.3, 0.4) is 0 Å². The number of hydrogen-bond acceptors (Lipinski definition) is 5. The predicted molar refractivity (Wildman–Crippen MR) is 86.8 cm³/mol. The average Bonchev–Trinajstić information content (AvgIpc) is 3.11. The fourth-order valence-electron chi connectivity index (χ4n) is 3.07. The number of rotatable bonds is 5. The molecule has 0 radical (unpaired) electrons. The van der Waals surface area contributed by atoms with Crippen LogP contribution in [0.2, 0.25) is 0 Å². The molecule has 1 N–H and O–H groups in total. The normalized spacial score (nSPS) is 25.0. The number of thiazole rings is 1. The maximum Gasteiger partial charge on any atom is 0.250 e. The van der Waals surface area contributed by atoms with Crippen molar-refractivity contribution in [3.05, 3.63) is 27.9 Å². The number of halogens is 1. The molecule has 1 aromatic rings. The Labute approximate surface area is 139 Å². The van der Waals surface area contributed by atoms with Gasteiger partial charge in [-0.1, -0.05) is 0 Å². The number of likely N-dealkylation sites (tertiary alicyclic amines) is 1. The van der Waals surface area contributed by atoms with Gasteiger partial charge < -0.3 is 10.1 Å². The molecule has 0 unspecified atom stereocenters. The van der Waals surface area contributed by atoms with E-state index in [2.05, 4.69) is 15.2 Å². The van der Waals surface area contributed by atoms with Crippen LogP contribution < -0.4 is 5.32 Å². The van der Waals surface area contributed by atoms with Crippen LogP contribution in [-0.4, -0.2) is 47.7 Å². The van der Waals surface area contributed by atoms with E-state index in [0.29, 0.717) is 38.2 Å². The summed E-state index contributed by atoms with van der Waals surface area (Å²) in [5, 5.41) is 5.96. The maximum absolute atomic E-state index is 13.8. The van der Waals surface area contributed by atoms with Crippen molar-refractivity contribution in [3.63, 3.8) is 0 Å². The summed E-state index contributed by atoms with van der Waals surface area (Å²) in [6.45, 7) is 4.14. The van der Waals surface area contributed by atoms with Crippen LogP contribution in [0.25, 0.3) is 0 Å². The third kappa shape index (κ3) is 4.29. The van der Waals surface area contributed by atoms with E-state index >= 15 is 0 Å². The molecule has 0 aliphatic carbocycles.